The molecule has 0 aliphatic heterocycles. The second-order valence-electron chi connectivity index (χ2n) is 2.23. The van der Waals surface area contributed by atoms with Gasteiger partial charge in [-0.05, 0) is 13.3 Å². The summed E-state index contributed by atoms with van der Waals surface area (Å²) in [5, 5.41) is 11.1. The van der Waals surface area contributed by atoms with Crippen LogP contribution in [0.2, 0.25) is 0 Å². The first-order valence-corrected chi connectivity index (χ1v) is 3.83. The summed E-state index contributed by atoms with van der Waals surface area (Å²) in [5.41, 5.74) is 0. The Balaban J connectivity index is 3.84. The minimum Gasteiger partial charge on any atom is -0.344 e. The predicted molar refractivity (Wildman–Crippen MR) is 45.9 cm³/mol. The minimum absolute atomic E-state index is 0.234. The molecule has 0 aliphatic rings. The largest absolute Gasteiger partial charge is 0.344 e. The molecule has 1 N–H and O–H groups in total. The third-order valence-corrected chi connectivity index (χ3v) is 1.41. The first-order chi connectivity index (χ1) is 5.76. The van der Waals surface area contributed by atoms with E-state index in [4.69, 9.17) is 5.26 Å². The molecule has 0 radical (unpaired) electrons. The van der Waals surface area contributed by atoms with Crippen molar-refractivity contribution in [1.82, 2.24) is 5.32 Å². The van der Waals surface area contributed by atoms with E-state index in [-0.39, 0.29) is 5.91 Å². The molecule has 12 heavy (non-hydrogen) atoms. The van der Waals surface area contributed by atoms with Gasteiger partial charge in [-0.1, -0.05) is 12.8 Å². The van der Waals surface area contributed by atoms with Crippen LogP contribution in [0, 0.1) is 29.1 Å². The molecule has 1 unspecified atom stereocenters. The highest BCUT2D eigenvalue weighted by atomic mass is 16.1. The molecule has 0 aliphatic carbocycles. The summed E-state index contributed by atoms with van der Waals surface area (Å²) in [6, 6.07) is 1.92. The van der Waals surface area contributed by atoms with Crippen molar-refractivity contribution < 1.29 is 4.79 Å². The number of carbonyl (C=O) groups is 1. The number of carbonyl (C=O) groups excluding carboxylic acids is 1. The molecule has 1 amide bonds. The topological polar surface area (TPSA) is 52.9 Å². The molecule has 0 saturated carbocycles. The van der Waals surface area contributed by atoms with Crippen molar-refractivity contribution in [2.24, 2.45) is 5.92 Å². The molecule has 0 aromatic carbocycles. The fourth-order valence-corrected chi connectivity index (χ4v) is 0.678. The lowest BCUT2D eigenvalue weighted by molar-refractivity contribution is -0.123. The monoisotopic (exact) mass is 164 g/mol. The molecular formula is C9H12N2O. The van der Waals surface area contributed by atoms with Gasteiger partial charge in [0.1, 0.15) is 5.92 Å². The number of amides is 1. The van der Waals surface area contributed by atoms with Crippen LogP contribution in [-0.4, -0.2) is 12.5 Å². The summed E-state index contributed by atoms with van der Waals surface area (Å²) in [7, 11) is 0. The van der Waals surface area contributed by atoms with Gasteiger partial charge >= 0.3 is 0 Å². The Labute approximate surface area is 72.8 Å². The Kier molecular flexibility index (Phi) is 5.47. The smallest absolute Gasteiger partial charge is 0.238 e. The van der Waals surface area contributed by atoms with Crippen LogP contribution < -0.4 is 5.32 Å². The first-order valence-electron chi connectivity index (χ1n) is 3.83. The third kappa shape index (κ3) is 3.63. The van der Waals surface area contributed by atoms with Gasteiger partial charge in [-0.3, -0.25) is 4.79 Å². The Morgan fingerprint density at radius 3 is 2.75 bits per heavy atom. The lowest BCUT2D eigenvalue weighted by Gasteiger charge is -2.03. The molecule has 0 bridgehead atoms. The second-order valence-corrected chi connectivity index (χ2v) is 2.23. The van der Waals surface area contributed by atoms with E-state index < -0.39 is 5.92 Å². The summed E-state index contributed by atoms with van der Waals surface area (Å²) < 4.78 is 0. The summed E-state index contributed by atoms with van der Waals surface area (Å²) in [6.07, 6.45) is 0.544. The lowest BCUT2D eigenvalue weighted by Crippen LogP contribution is -2.29. The number of nitrogens with zero attached hydrogens (tertiary/aromatic N) is 1. The molecule has 64 valence electrons. The van der Waals surface area contributed by atoms with Gasteiger partial charge in [0.15, 0.2) is 0 Å². The van der Waals surface area contributed by atoms with Crippen molar-refractivity contribution in [3.05, 3.63) is 0 Å². The van der Waals surface area contributed by atoms with Gasteiger partial charge < -0.3 is 5.32 Å². The number of nitrogens with one attached hydrogen (secondary N) is 1. The average Bonchev–Trinajstić information content (AvgIpc) is 2.07. The number of hydrogen-bond donors (Lipinski definition) is 1. The van der Waals surface area contributed by atoms with E-state index in [2.05, 4.69) is 17.2 Å². The van der Waals surface area contributed by atoms with E-state index in [0.29, 0.717) is 13.0 Å². The molecule has 0 aromatic rings. The molecule has 0 rings (SSSR count). The summed E-state index contributed by atoms with van der Waals surface area (Å²) >= 11 is 0. The fourth-order valence-electron chi connectivity index (χ4n) is 0.678. The maximum atomic E-state index is 11.1. The van der Waals surface area contributed by atoms with Crippen LogP contribution in [0.15, 0.2) is 0 Å². The standard InChI is InChI=1S/C9H12N2O/c1-3-5-6-11-9(12)8(4-2)7-10/h8H,4,6H2,1-2H3,(H,11,12). The van der Waals surface area contributed by atoms with Crippen LogP contribution in [0.5, 0.6) is 0 Å². The maximum Gasteiger partial charge on any atom is 0.238 e. The predicted octanol–water partition coefficient (Wildman–Crippen LogP) is 0.676. The van der Waals surface area contributed by atoms with Crippen molar-refractivity contribution >= 4 is 5.91 Å². The average molecular weight is 164 g/mol. The van der Waals surface area contributed by atoms with Gasteiger partial charge in [0.25, 0.3) is 0 Å². The van der Waals surface area contributed by atoms with Gasteiger partial charge in [-0.15, -0.1) is 5.92 Å². The van der Waals surface area contributed by atoms with Crippen LogP contribution in [0.25, 0.3) is 0 Å². The highest BCUT2D eigenvalue weighted by Gasteiger charge is 2.13. The zero-order valence-electron chi connectivity index (χ0n) is 7.35. The molecule has 1 atom stereocenters. The fraction of sp³-hybridized carbons (Fsp3) is 0.556. The van der Waals surface area contributed by atoms with Gasteiger partial charge in [0, 0.05) is 0 Å². The van der Waals surface area contributed by atoms with Crippen molar-refractivity contribution in [1.29, 1.82) is 5.26 Å². The summed E-state index contributed by atoms with van der Waals surface area (Å²) in [6.45, 7) is 3.83. The zero-order chi connectivity index (χ0) is 9.40. The molecule has 0 saturated heterocycles. The van der Waals surface area contributed by atoms with Crippen molar-refractivity contribution in [2.75, 3.05) is 6.54 Å². The Bertz CT molecular complexity index is 241. The summed E-state index contributed by atoms with van der Waals surface area (Å²) in [5.74, 6) is 4.57. The molecule has 3 heteroatoms. The van der Waals surface area contributed by atoms with Gasteiger partial charge in [0.2, 0.25) is 5.91 Å². The normalized spacial score (nSPS) is 10.4. The summed E-state index contributed by atoms with van der Waals surface area (Å²) in [4.78, 5) is 11.1. The SMILES string of the molecule is CC#CCNC(=O)C(C#N)CC. The Morgan fingerprint density at radius 1 is 1.67 bits per heavy atom. The van der Waals surface area contributed by atoms with Crippen molar-refractivity contribution in [3.63, 3.8) is 0 Å². The van der Waals surface area contributed by atoms with Crippen LogP contribution in [0.3, 0.4) is 0 Å². The Hall–Kier alpha value is -1.48. The first kappa shape index (κ1) is 10.5. The van der Waals surface area contributed by atoms with Crippen LogP contribution >= 0.6 is 0 Å². The number of hydrogen-bond acceptors (Lipinski definition) is 2. The number of nitriles is 1. The minimum atomic E-state index is -0.538. The van der Waals surface area contributed by atoms with Crippen LogP contribution in [-0.2, 0) is 4.79 Å². The van der Waals surface area contributed by atoms with Crippen molar-refractivity contribution in [2.45, 2.75) is 20.3 Å². The Morgan fingerprint density at radius 2 is 2.33 bits per heavy atom. The van der Waals surface area contributed by atoms with Gasteiger partial charge in [-0.2, -0.15) is 5.26 Å². The highest BCUT2D eigenvalue weighted by Crippen LogP contribution is 1.98. The lowest BCUT2D eigenvalue weighted by atomic mass is 10.1. The molecule has 0 aromatic heterocycles. The highest BCUT2D eigenvalue weighted by molar-refractivity contribution is 5.81. The third-order valence-electron chi connectivity index (χ3n) is 1.41. The van der Waals surface area contributed by atoms with Crippen LogP contribution in [0.4, 0.5) is 0 Å². The quantitative estimate of drug-likeness (QED) is 0.623. The van der Waals surface area contributed by atoms with Crippen molar-refractivity contribution in [3.8, 4) is 17.9 Å². The van der Waals surface area contributed by atoms with E-state index in [0.717, 1.165) is 0 Å². The molecule has 3 nitrogen and oxygen atoms in total. The molecular weight excluding hydrogens is 152 g/mol. The van der Waals surface area contributed by atoms with E-state index in [1.54, 1.807) is 13.8 Å². The van der Waals surface area contributed by atoms with E-state index in [9.17, 15) is 4.79 Å². The van der Waals surface area contributed by atoms with E-state index in [1.807, 2.05) is 6.07 Å². The van der Waals surface area contributed by atoms with Gasteiger partial charge in [-0.25, -0.2) is 0 Å². The molecule has 0 heterocycles. The van der Waals surface area contributed by atoms with Crippen LogP contribution in [0.1, 0.15) is 20.3 Å². The maximum absolute atomic E-state index is 11.1. The van der Waals surface area contributed by atoms with Gasteiger partial charge in [0.05, 0.1) is 12.6 Å². The van der Waals surface area contributed by atoms with E-state index in [1.165, 1.54) is 0 Å². The zero-order valence-corrected chi connectivity index (χ0v) is 7.35. The molecule has 0 fully saturated rings. The second kappa shape index (κ2) is 6.24. The number of rotatable bonds is 3. The molecule has 0 spiro atoms. The van der Waals surface area contributed by atoms with E-state index >= 15 is 0 Å².